The molecule has 0 radical (unpaired) electrons. The Kier molecular flexibility index (Phi) is 11.6. The van der Waals surface area contributed by atoms with Gasteiger partial charge in [0, 0.05) is 44.9 Å². The summed E-state index contributed by atoms with van der Waals surface area (Å²) in [5.41, 5.74) is 9.88. The molecule has 3 aliphatic carbocycles. The number of nitrogens with two attached hydrogens (primary N) is 2. The number of Topliss-reactive ketones (excluding diaryl/α,β-unsaturated/α-hetero) is 2. The molecule has 0 aromatic rings. The van der Waals surface area contributed by atoms with Crippen LogP contribution in [0, 0.1) is 41.4 Å². The van der Waals surface area contributed by atoms with Crippen molar-refractivity contribution in [2.24, 2.45) is 57.9 Å². The van der Waals surface area contributed by atoms with E-state index in [9.17, 15) is 35.1 Å². The van der Waals surface area contributed by atoms with Crippen LogP contribution in [0.1, 0.15) is 51.9 Å². The molecule has 47 heavy (non-hydrogen) atoms. The highest BCUT2D eigenvalue weighted by molar-refractivity contribution is 6.00. The summed E-state index contributed by atoms with van der Waals surface area (Å²) in [5, 5.41) is 62.0. The summed E-state index contributed by atoms with van der Waals surface area (Å²) in [5.74, 6) is -3.72. The van der Waals surface area contributed by atoms with Crippen molar-refractivity contribution in [3.05, 3.63) is 0 Å². The highest BCUT2D eigenvalue weighted by Crippen LogP contribution is 2.50. The van der Waals surface area contributed by atoms with E-state index in [1.54, 1.807) is 7.05 Å². The van der Waals surface area contributed by atoms with Crippen LogP contribution in [0.5, 0.6) is 0 Å². The van der Waals surface area contributed by atoms with Crippen molar-refractivity contribution in [2.75, 3.05) is 33.9 Å². The molecule has 15 heteroatoms. The minimum absolute atomic E-state index is 0.0542. The van der Waals surface area contributed by atoms with Gasteiger partial charge in [0.25, 0.3) is 0 Å². The molecule has 5 fully saturated rings. The zero-order valence-electron chi connectivity index (χ0n) is 27.6. The third-order valence-corrected chi connectivity index (χ3v) is 11.9. The Morgan fingerprint density at radius 1 is 1.11 bits per heavy atom. The topological polar surface area (TPSA) is 251 Å². The van der Waals surface area contributed by atoms with E-state index in [2.05, 4.69) is 15.6 Å². The smallest absolute Gasteiger partial charge is 0.188 e. The van der Waals surface area contributed by atoms with Gasteiger partial charge in [-0.2, -0.15) is 0 Å². The Hall–Kier alpha value is -1.79. The van der Waals surface area contributed by atoms with E-state index in [1.807, 2.05) is 6.92 Å². The Bertz CT molecular complexity index is 1140. The number of aliphatic imine (C=N–C) groups is 1. The lowest BCUT2D eigenvalue weighted by molar-refractivity contribution is -0.346. The number of carbonyl (C=O) groups is 2. The summed E-state index contributed by atoms with van der Waals surface area (Å²) in [7, 11) is 3.06. The Morgan fingerprint density at radius 2 is 1.83 bits per heavy atom. The highest BCUT2D eigenvalue weighted by atomic mass is 16.7. The normalized spacial score (nSPS) is 47.7. The number of carbonyl (C=O) groups excluding carboxylic acids is 2. The number of piperidine rings is 1. The van der Waals surface area contributed by atoms with Crippen molar-refractivity contribution in [2.45, 2.75) is 107 Å². The van der Waals surface area contributed by atoms with Gasteiger partial charge in [-0.1, -0.05) is 6.92 Å². The molecule has 5 aliphatic rings. The van der Waals surface area contributed by atoms with E-state index in [4.69, 9.17) is 25.7 Å². The van der Waals surface area contributed by atoms with Crippen molar-refractivity contribution in [1.29, 1.82) is 0 Å². The second-order valence-corrected chi connectivity index (χ2v) is 14.5. The number of methoxy groups -OCH3 is 1. The Balaban J connectivity index is 1.34. The number of hydrogen-bond donors (Lipinski definition) is 9. The van der Waals surface area contributed by atoms with Crippen LogP contribution in [-0.4, -0.2) is 132 Å². The van der Waals surface area contributed by atoms with Gasteiger partial charge in [0.1, 0.15) is 35.5 Å². The SMILES string of the molecule is CN=C(N)NCC1C(C)CC2C(=O)C3CC(OC)CC(O[C@H]4O[C@H](CO)[C@](O)(CCC5CCNC(N)C5)[C@H](O)[C@H]4O)C3C(=O)C2C1O. The lowest BCUT2D eigenvalue weighted by atomic mass is 9.53. The Morgan fingerprint density at radius 3 is 2.49 bits per heavy atom. The summed E-state index contributed by atoms with van der Waals surface area (Å²) in [6.07, 6.45) is -5.90. The van der Waals surface area contributed by atoms with Gasteiger partial charge in [0.15, 0.2) is 12.2 Å². The minimum Gasteiger partial charge on any atom is -0.394 e. The second-order valence-electron chi connectivity index (χ2n) is 14.5. The number of hydrogen-bond acceptors (Lipinski definition) is 13. The van der Waals surface area contributed by atoms with Crippen molar-refractivity contribution >= 4 is 17.5 Å². The number of aliphatic hydroxyl groups excluding tert-OH is 4. The number of nitrogens with one attached hydrogen (secondary N) is 2. The van der Waals surface area contributed by atoms with E-state index in [-0.39, 0.29) is 60.8 Å². The first-order chi connectivity index (χ1) is 22.3. The third kappa shape index (κ3) is 7.12. The minimum atomic E-state index is -1.96. The quantitative estimate of drug-likeness (QED) is 0.0916. The van der Waals surface area contributed by atoms with Crippen LogP contribution in [0.3, 0.4) is 0 Å². The largest absolute Gasteiger partial charge is 0.394 e. The fraction of sp³-hybridized carbons (Fsp3) is 0.906. The molecule has 3 saturated carbocycles. The molecule has 2 aliphatic heterocycles. The van der Waals surface area contributed by atoms with Gasteiger partial charge in [0.2, 0.25) is 0 Å². The molecule has 0 aromatic heterocycles. The van der Waals surface area contributed by atoms with Gasteiger partial charge in [0.05, 0.1) is 42.9 Å². The van der Waals surface area contributed by atoms with Crippen molar-refractivity contribution < 1.29 is 49.3 Å². The average Bonchev–Trinajstić information content (AvgIpc) is 3.05. The van der Waals surface area contributed by atoms with Crippen LogP contribution in [0.15, 0.2) is 4.99 Å². The predicted molar refractivity (Wildman–Crippen MR) is 168 cm³/mol. The fourth-order valence-electron chi connectivity index (χ4n) is 9.06. The monoisotopic (exact) mass is 669 g/mol. The molecule has 15 nitrogen and oxygen atoms in total. The van der Waals surface area contributed by atoms with E-state index in [0.717, 1.165) is 13.0 Å². The molecule has 11 unspecified atom stereocenters. The summed E-state index contributed by atoms with van der Waals surface area (Å²) in [4.78, 5) is 32.3. The summed E-state index contributed by atoms with van der Waals surface area (Å²) >= 11 is 0. The average molecular weight is 670 g/mol. The predicted octanol–water partition coefficient (Wildman–Crippen LogP) is -2.42. The molecule has 0 bridgehead atoms. The van der Waals surface area contributed by atoms with Crippen molar-refractivity contribution in [3.63, 3.8) is 0 Å². The van der Waals surface area contributed by atoms with E-state index in [1.165, 1.54) is 7.11 Å². The molecule has 268 valence electrons. The number of fused-ring (bicyclic) bond motifs is 2. The lowest BCUT2D eigenvalue weighted by Gasteiger charge is -2.53. The van der Waals surface area contributed by atoms with E-state index in [0.29, 0.717) is 25.7 Å². The fourth-order valence-corrected chi connectivity index (χ4v) is 9.06. The molecule has 2 saturated heterocycles. The maximum Gasteiger partial charge on any atom is 0.188 e. The first-order valence-corrected chi connectivity index (χ1v) is 17.1. The Labute approximate surface area is 275 Å². The number of guanidine groups is 1. The van der Waals surface area contributed by atoms with Crippen LogP contribution in [0.25, 0.3) is 0 Å². The molecule has 0 aromatic carbocycles. The highest BCUT2D eigenvalue weighted by Gasteiger charge is 2.61. The van der Waals surface area contributed by atoms with Crippen LogP contribution < -0.4 is 22.1 Å². The van der Waals surface area contributed by atoms with Gasteiger partial charge in [-0.3, -0.25) is 14.6 Å². The first kappa shape index (κ1) is 36.5. The molecule has 0 spiro atoms. The van der Waals surface area contributed by atoms with Gasteiger partial charge in [-0.05, 0) is 56.9 Å². The second kappa shape index (κ2) is 15.0. The van der Waals surface area contributed by atoms with E-state index >= 15 is 0 Å². The van der Waals surface area contributed by atoms with Crippen molar-refractivity contribution in [1.82, 2.24) is 10.6 Å². The number of ether oxygens (including phenoxy) is 3. The molecule has 2 heterocycles. The van der Waals surface area contributed by atoms with Gasteiger partial charge in [-0.25, -0.2) is 0 Å². The molecule has 11 N–H and O–H groups in total. The molecule has 5 rings (SSSR count). The number of rotatable bonds is 9. The molecule has 0 amide bonds. The van der Waals surface area contributed by atoms with Crippen LogP contribution in [0.2, 0.25) is 0 Å². The summed E-state index contributed by atoms with van der Waals surface area (Å²) in [6.45, 7) is 2.31. The molecule has 16 atom stereocenters. The summed E-state index contributed by atoms with van der Waals surface area (Å²) in [6, 6.07) is 0. The zero-order valence-corrected chi connectivity index (χ0v) is 27.6. The molecular weight excluding hydrogens is 614 g/mol. The number of aliphatic hydroxyl groups is 5. The number of nitrogens with zero attached hydrogens (tertiary/aromatic N) is 1. The first-order valence-electron chi connectivity index (χ1n) is 17.1. The maximum absolute atomic E-state index is 14.3. The van der Waals surface area contributed by atoms with Crippen molar-refractivity contribution in [3.8, 4) is 0 Å². The number of ketones is 2. The zero-order chi connectivity index (χ0) is 34.2. The standard InChI is InChI=1S/C32H55N5O10/c1-14-8-17-24(26(40)19(14)12-37-31(34)35-2)27(41)23-18(25(17)39)10-16(45-3)11-20(23)46-30-28(42)29(43)32(44,21(13-38)47-30)6-4-15-5-7-36-22(33)9-15/h14-24,26,28-30,36,38,40,42-44H,4-13,33H2,1-3H3,(H3,34,35,37)/t14?,15?,16?,17?,18?,19?,20?,21-,22?,23?,24?,26?,28-,29-,30+,32-/m1/s1. The lowest BCUT2D eigenvalue weighted by Crippen LogP contribution is -2.68. The summed E-state index contributed by atoms with van der Waals surface area (Å²) < 4.78 is 17.9. The maximum atomic E-state index is 14.3. The van der Waals surface area contributed by atoms with Crippen LogP contribution >= 0.6 is 0 Å². The van der Waals surface area contributed by atoms with Gasteiger partial charge < -0.3 is 61.8 Å². The van der Waals surface area contributed by atoms with Crippen LogP contribution in [0.4, 0.5) is 0 Å². The van der Waals surface area contributed by atoms with Crippen LogP contribution in [-0.2, 0) is 23.8 Å². The van der Waals surface area contributed by atoms with Gasteiger partial charge in [-0.15, -0.1) is 0 Å². The van der Waals surface area contributed by atoms with E-state index < -0.39 is 78.8 Å². The van der Waals surface area contributed by atoms with Gasteiger partial charge >= 0.3 is 0 Å². The third-order valence-electron chi connectivity index (χ3n) is 11.9. The molecular formula is C32H55N5O10.